The smallest absolute Gasteiger partial charge is 0.236 e. The van der Waals surface area contributed by atoms with E-state index in [1.54, 1.807) is 12.3 Å². The molecule has 82 valence electrons. The van der Waals surface area contributed by atoms with Crippen molar-refractivity contribution in [2.75, 3.05) is 16.6 Å². The van der Waals surface area contributed by atoms with Crippen LogP contribution in [0.4, 0.5) is 5.82 Å². The van der Waals surface area contributed by atoms with E-state index < -0.39 is 10.0 Å². The number of anilines is 1. The van der Waals surface area contributed by atoms with Crippen LogP contribution in [-0.2, 0) is 10.0 Å². The Hall–Kier alpha value is -0.620. The minimum atomic E-state index is -3.11. The van der Waals surface area contributed by atoms with Crippen molar-refractivity contribution in [1.82, 2.24) is 4.98 Å². The van der Waals surface area contributed by atoms with E-state index in [1.807, 2.05) is 6.92 Å². The van der Waals surface area contributed by atoms with Crippen molar-refractivity contribution in [3.63, 3.8) is 0 Å². The van der Waals surface area contributed by atoms with E-state index in [2.05, 4.69) is 20.9 Å². The van der Waals surface area contributed by atoms with Gasteiger partial charge in [-0.15, -0.1) is 0 Å². The van der Waals surface area contributed by atoms with E-state index in [9.17, 15) is 8.42 Å². The van der Waals surface area contributed by atoms with Gasteiger partial charge in [-0.2, -0.15) is 0 Å². The van der Waals surface area contributed by atoms with Crippen LogP contribution in [0, 0.1) is 6.92 Å². The molecule has 1 aromatic heterocycles. The molecule has 2 heterocycles. The van der Waals surface area contributed by atoms with Gasteiger partial charge in [0.1, 0.15) is 5.82 Å². The number of pyridine rings is 1. The second kappa shape index (κ2) is 3.75. The maximum Gasteiger partial charge on any atom is 0.236 e. The third-order valence-corrected chi connectivity index (χ3v) is 5.06. The summed E-state index contributed by atoms with van der Waals surface area (Å²) in [6, 6.07) is 1.78. The van der Waals surface area contributed by atoms with Crippen LogP contribution in [0.2, 0.25) is 0 Å². The quantitative estimate of drug-likeness (QED) is 0.791. The summed E-state index contributed by atoms with van der Waals surface area (Å²) >= 11 is 3.34. The molecule has 0 aromatic carbocycles. The van der Waals surface area contributed by atoms with Crippen LogP contribution < -0.4 is 4.31 Å². The fourth-order valence-corrected chi connectivity index (χ4v) is 3.28. The molecule has 4 nitrogen and oxygen atoms in total. The molecule has 1 saturated heterocycles. The third-order valence-electron chi connectivity index (χ3n) is 2.39. The van der Waals surface area contributed by atoms with E-state index in [-0.39, 0.29) is 5.75 Å². The number of hydrogen-bond acceptors (Lipinski definition) is 3. The van der Waals surface area contributed by atoms with Crippen LogP contribution in [0.3, 0.4) is 0 Å². The van der Waals surface area contributed by atoms with Gasteiger partial charge >= 0.3 is 0 Å². The molecule has 6 heteroatoms. The highest BCUT2D eigenvalue weighted by Gasteiger charge is 2.29. The van der Waals surface area contributed by atoms with Gasteiger partial charge in [0.25, 0.3) is 0 Å². The van der Waals surface area contributed by atoms with E-state index in [1.165, 1.54) is 4.31 Å². The van der Waals surface area contributed by atoms with Crippen molar-refractivity contribution >= 4 is 31.8 Å². The van der Waals surface area contributed by atoms with Crippen molar-refractivity contribution in [2.24, 2.45) is 0 Å². The molecule has 0 saturated carbocycles. The van der Waals surface area contributed by atoms with E-state index in [0.717, 1.165) is 10.0 Å². The van der Waals surface area contributed by atoms with Crippen LogP contribution in [0.1, 0.15) is 12.0 Å². The second-order valence-electron chi connectivity index (χ2n) is 3.53. The zero-order valence-electron chi connectivity index (χ0n) is 8.27. The van der Waals surface area contributed by atoms with Gasteiger partial charge in [-0.1, -0.05) is 0 Å². The molecular formula is C9H11BrN2O2S. The Morgan fingerprint density at radius 2 is 2.27 bits per heavy atom. The zero-order chi connectivity index (χ0) is 11.1. The number of hydrogen-bond donors (Lipinski definition) is 0. The summed E-state index contributed by atoms with van der Waals surface area (Å²) in [7, 11) is -3.11. The van der Waals surface area contributed by atoms with Gasteiger partial charge in [0.15, 0.2) is 0 Å². The van der Waals surface area contributed by atoms with Crippen molar-refractivity contribution < 1.29 is 8.42 Å². The highest BCUT2D eigenvalue weighted by molar-refractivity contribution is 9.10. The lowest BCUT2D eigenvalue weighted by Gasteiger charge is -2.16. The average Bonchev–Trinajstić information content (AvgIpc) is 2.50. The molecule has 0 bridgehead atoms. The standard InChI is InChI=1S/C9H11BrN2O2S/c1-7-5-9(11-6-8(7)10)12-3-2-4-15(12,13)14/h5-6H,2-4H2,1H3. The molecule has 0 aliphatic carbocycles. The second-order valence-corrected chi connectivity index (χ2v) is 6.40. The third kappa shape index (κ3) is 2.01. The highest BCUT2D eigenvalue weighted by Crippen LogP contribution is 2.25. The number of sulfonamides is 1. The zero-order valence-corrected chi connectivity index (χ0v) is 10.7. The highest BCUT2D eigenvalue weighted by atomic mass is 79.9. The first-order chi connectivity index (χ1) is 7.00. The van der Waals surface area contributed by atoms with Crippen LogP contribution in [0.25, 0.3) is 0 Å². The molecule has 2 rings (SSSR count). The minimum absolute atomic E-state index is 0.226. The van der Waals surface area contributed by atoms with E-state index in [4.69, 9.17) is 0 Å². The summed E-state index contributed by atoms with van der Waals surface area (Å²) < 4.78 is 25.5. The Bertz CT molecular complexity index is 487. The van der Waals surface area contributed by atoms with Crippen LogP contribution in [0.15, 0.2) is 16.7 Å². The number of halogens is 1. The average molecular weight is 291 g/mol. The fourth-order valence-electron chi connectivity index (χ4n) is 1.56. The summed E-state index contributed by atoms with van der Waals surface area (Å²) in [5, 5.41) is 0. The summed E-state index contributed by atoms with van der Waals surface area (Å²) in [5.41, 5.74) is 0.988. The Balaban J connectivity index is 2.42. The molecule has 0 atom stereocenters. The first-order valence-electron chi connectivity index (χ1n) is 4.63. The minimum Gasteiger partial charge on any atom is -0.254 e. The van der Waals surface area contributed by atoms with Gasteiger partial charge in [-0.25, -0.2) is 13.4 Å². The molecular weight excluding hydrogens is 280 g/mol. The Labute approximate surface area is 97.5 Å². The summed E-state index contributed by atoms with van der Waals surface area (Å²) in [5.74, 6) is 0.747. The van der Waals surface area contributed by atoms with Gasteiger partial charge in [-0.05, 0) is 40.9 Å². The first kappa shape index (κ1) is 10.9. The number of nitrogens with zero attached hydrogens (tertiary/aromatic N) is 2. The molecule has 1 aliphatic heterocycles. The Morgan fingerprint density at radius 3 is 2.80 bits per heavy atom. The molecule has 0 amide bonds. The van der Waals surface area contributed by atoms with Crippen LogP contribution >= 0.6 is 15.9 Å². The molecule has 1 aliphatic rings. The van der Waals surface area contributed by atoms with Gasteiger partial charge in [0.2, 0.25) is 10.0 Å². The van der Waals surface area contributed by atoms with Crippen molar-refractivity contribution in [3.05, 3.63) is 22.3 Å². The van der Waals surface area contributed by atoms with Crippen molar-refractivity contribution in [1.29, 1.82) is 0 Å². The van der Waals surface area contributed by atoms with E-state index in [0.29, 0.717) is 18.8 Å². The predicted octanol–water partition coefficient (Wildman–Crippen LogP) is 1.69. The summed E-state index contributed by atoms with van der Waals surface area (Å²) in [4.78, 5) is 4.12. The summed E-state index contributed by atoms with van der Waals surface area (Å²) in [6.07, 6.45) is 2.32. The molecule has 1 aromatic rings. The maximum absolute atomic E-state index is 11.6. The maximum atomic E-state index is 11.6. The normalized spacial score (nSPS) is 19.5. The van der Waals surface area contributed by atoms with Crippen LogP contribution in [0.5, 0.6) is 0 Å². The SMILES string of the molecule is Cc1cc(N2CCCS2(=O)=O)ncc1Br. The number of aromatic nitrogens is 1. The number of rotatable bonds is 1. The lowest BCUT2D eigenvalue weighted by atomic mass is 10.3. The fraction of sp³-hybridized carbons (Fsp3) is 0.444. The van der Waals surface area contributed by atoms with Gasteiger partial charge in [0, 0.05) is 17.2 Å². The molecule has 1 fully saturated rings. The molecule has 0 unspecified atom stereocenters. The van der Waals surface area contributed by atoms with Crippen LogP contribution in [-0.4, -0.2) is 25.7 Å². The summed E-state index contributed by atoms with van der Waals surface area (Å²) in [6.45, 7) is 2.45. The number of aryl methyl sites for hydroxylation is 1. The largest absolute Gasteiger partial charge is 0.254 e. The van der Waals surface area contributed by atoms with Crippen molar-refractivity contribution in [2.45, 2.75) is 13.3 Å². The van der Waals surface area contributed by atoms with E-state index >= 15 is 0 Å². The molecule has 0 N–H and O–H groups in total. The predicted molar refractivity (Wildman–Crippen MR) is 62.4 cm³/mol. The first-order valence-corrected chi connectivity index (χ1v) is 7.03. The molecule has 0 spiro atoms. The monoisotopic (exact) mass is 290 g/mol. The topological polar surface area (TPSA) is 50.3 Å². The lowest BCUT2D eigenvalue weighted by molar-refractivity contribution is 0.599. The lowest BCUT2D eigenvalue weighted by Crippen LogP contribution is -2.26. The van der Waals surface area contributed by atoms with Gasteiger partial charge in [-0.3, -0.25) is 4.31 Å². The van der Waals surface area contributed by atoms with Crippen molar-refractivity contribution in [3.8, 4) is 0 Å². The Morgan fingerprint density at radius 1 is 1.53 bits per heavy atom. The molecule has 15 heavy (non-hydrogen) atoms. The van der Waals surface area contributed by atoms with Gasteiger partial charge in [0.05, 0.1) is 5.75 Å². The van der Waals surface area contributed by atoms with Gasteiger partial charge < -0.3 is 0 Å². The Kier molecular flexibility index (Phi) is 2.72. The molecule has 0 radical (unpaired) electrons.